The number of aryl methyl sites for hydroxylation is 1. The molecular weight excluding hydrogens is 409 g/mol. The number of halogens is 4. The highest BCUT2D eigenvalue weighted by atomic mass is 35.5. The lowest BCUT2D eigenvalue weighted by Crippen LogP contribution is -2.23. The summed E-state index contributed by atoms with van der Waals surface area (Å²) in [4.78, 5) is 17.0. The molecule has 3 aromatic rings. The van der Waals surface area contributed by atoms with E-state index in [9.17, 15) is 18.0 Å². The zero-order chi connectivity index (χ0) is 20.5. The molecule has 0 aliphatic carbocycles. The van der Waals surface area contributed by atoms with Crippen LogP contribution in [-0.2, 0) is 11.0 Å². The summed E-state index contributed by atoms with van der Waals surface area (Å²) in [5.74, 6) is -0.459. The molecule has 8 heteroatoms. The van der Waals surface area contributed by atoms with E-state index in [-0.39, 0.29) is 10.7 Å². The highest BCUT2D eigenvalue weighted by Gasteiger charge is 2.31. The van der Waals surface area contributed by atoms with Gasteiger partial charge in [-0.15, -0.1) is 0 Å². The molecule has 1 heterocycles. The van der Waals surface area contributed by atoms with Gasteiger partial charge in [-0.3, -0.25) is 4.79 Å². The van der Waals surface area contributed by atoms with E-state index >= 15 is 0 Å². The van der Waals surface area contributed by atoms with Crippen molar-refractivity contribution in [2.75, 3.05) is 5.32 Å². The summed E-state index contributed by atoms with van der Waals surface area (Å²) in [6.45, 7) is 3.62. The van der Waals surface area contributed by atoms with Crippen molar-refractivity contribution in [3.8, 4) is 0 Å². The van der Waals surface area contributed by atoms with Gasteiger partial charge in [0.25, 0.3) is 0 Å². The average Bonchev–Trinajstić information content (AvgIpc) is 2.62. The van der Waals surface area contributed by atoms with Crippen LogP contribution in [0, 0.1) is 6.92 Å². The standard InChI is InChI=1S/C20H16ClF3N2OS/c1-11-9-18(25-16-6-4-3-5-14(11)16)28-12(2)19(27)26-17-10-13(20(22,23)24)7-8-15(17)21/h3-10,12H,1-2H3,(H,26,27). The fourth-order valence-corrected chi connectivity index (χ4v) is 3.73. The number of pyridine rings is 1. The number of carbonyl (C=O) groups excluding carboxylic acids is 1. The largest absolute Gasteiger partial charge is 0.416 e. The van der Waals surface area contributed by atoms with Crippen molar-refractivity contribution < 1.29 is 18.0 Å². The first kappa shape index (κ1) is 20.5. The van der Waals surface area contributed by atoms with Gasteiger partial charge in [-0.25, -0.2) is 4.98 Å². The molecule has 0 bridgehead atoms. The van der Waals surface area contributed by atoms with E-state index in [4.69, 9.17) is 11.6 Å². The first-order valence-corrected chi connectivity index (χ1v) is 9.61. The minimum atomic E-state index is -4.52. The molecule has 0 saturated carbocycles. The summed E-state index contributed by atoms with van der Waals surface area (Å²) in [5, 5.41) is 3.62. The lowest BCUT2D eigenvalue weighted by Gasteiger charge is -2.15. The third-order valence-electron chi connectivity index (χ3n) is 4.12. The van der Waals surface area contributed by atoms with Gasteiger partial charge >= 0.3 is 6.18 Å². The molecule has 1 N–H and O–H groups in total. The van der Waals surface area contributed by atoms with Gasteiger partial charge in [0, 0.05) is 5.39 Å². The van der Waals surface area contributed by atoms with Crippen LogP contribution in [0.2, 0.25) is 5.02 Å². The van der Waals surface area contributed by atoms with Crippen LogP contribution >= 0.6 is 23.4 Å². The number of anilines is 1. The number of thioether (sulfide) groups is 1. The molecule has 0 aliphatic heterocycles. The van der Waals surface area contributed by atoms with Gasteiger partial charge < -0.3 is 5.32 Å². The molecule has 1 atom stereocenters. The molecule has 0 fully saturated rings. The van der Waals surface area contributed by atoms with Gasteiger partial charge in [-0.2, -0.15) is 13.2 Å². The number of alkyl halides is 3. The number of para-hydroxylation sites is 1. The molecule has 2 aromatic carbocycles. The second kappa shape index (κ2) is 8.01. The highest BCUT2D eigenvalue weighted by molar-refractivity contribution is 8.00. The van der Waals surface area contributed by atoms with E-state index in [2.05, 4.69) is 10.3 Å². The van der Waals surface area contributed by atoms with E-state index in [1.807, 2.05) is 37.3 Å². The summed E-state index contributed by atoms with van der Waals surface area (Å²) in [6.07, 6.45) is -4.52. The average molecular weight is 425 g/mol. The highest BCUT2D eigenvalue weighted by Crippen LogP contribution is 2.34. The maximum atomic E-state index is 12.9. The second-order valence-corrected chi connectivity index (χ2v) is 8.00. The number of nitrogens with one attached hydrogen (secondary N) is 1. The number of carbonyl (C=O) groups is 1. The van der Waals surface area contributed by atoms with E-state index in [1.54, 1.807) is 6.92 Å². The van der Waals surface area contributed by atoms with Crippen molar-refractivity contribution in [1.82, 2.24) is 4.98 Å². The quantitative estimate of drug-likeness (QED) is 0.497. The monoisotopic (exact) mass is 424 g/mol. The number of hydrogen-bond acceptors (Lipinski definition) is 3. The summed E-state index contributed by atoms with van der Waals surface area (Å²) in [5.41, 5.74) is 0.899. The Labute approximate surface area is 169 Å². The van der Waals surface area contributed by atoms with Crippen LogP contribution in [0.5, 0.6) is 0 Å². The fraction of sp³-hybridized carbons (Fsp3) is 0.200. The zero-order valence-corrected chi connectivity index (χ0v) is 16.5. The lowest BCUT2D eigenvalue weighted by molar-refractivity contribution is -0.137. The molecule has 1 unspecified atom stereocenters. The first-order chi connectivity index (χ1) is 13.1. The van der Waals surface area contributed by atoms with Gasteiger partial charge in [0.1, 0.15) is 0 Å². The zero-order valence-electron chi connectivity index (χ0n) is 15.0. The van der Waals surface area contributed by atoms with Crippen molar-refractivity contribution in [2.24, 2.45) is 0 Å². The Morgan fingerprint density at radius 3 is 2.61 bits per heavy atom. The molecule has 3 rings (SSSR count). The predicted molar refractivity (Wildman–Crippen MR) is 107 cm³/mol. The topological polar surface area (TPSA) is 42.0 Å². The second-order valence-electron chi connectivity index (χ2n) is 6.24. The van der Waals surface area contributed by atoms with E-state index in [1.165, 1.54) is 11.8 Å². The molecule has 0 aliphatic rings. The SMILES string of the molecule is Cc1cc(SC(C)C(=O)Nc2cc(C(F)(F)F)ccc2Cl)nc2ccccc12. The molecule has 1 aromatic heterocycles. The normalized spacial score (nSPS) is 12.8. The van der Waals surface area contributed by atoms with Crippen LogP contribution in [0.15, 0.2) is 53.6 Å². The third-order valence-corrected chi connectivity index (χ3v) is 5.47. The van der Waals surface area contributed by atoms with Gasteiger partial charge in [-0.1, -0.05) is 41.6 Å². The number of nitrogens with zero attached hydrogens (tertiary/aromatic N) is 1. The van der Waals surface area contributed by atoms with Crippen molar-refractivity contribution in [1.29, 1.82) is 0 Å². The maximum Gasteiger partial charge on any atom is 0.416 e. The summed E-state index contributed by atoms with van der Waals surface area (Å²) < 4.78 is 38.6. The van der Waals surface area contributed by atoms with Crippen molar-refractivity contribution >= 4 is 45.9 Å². The predicted octanol–water partition coefficient (Wildman–Crippen LogP) is 6.33. The van der Waals surface area contributed by atoms with Crippen molar-refractivity contribution in [3.63, 3.8) is 0 Å². The molecular formula is C20H16ClF3N2OS. The fourth-order valence-electron chi connectivity index (χ4n) is 2.65. The van der Waals surface area contributed by atoms with E-state index < -0.39 is 22.9 Å². The van der Waals surface area contributed by atoms with E-state index in [0.717, 1.165) is 34.7 Å². The van der Waals surface area contributed by atoms with Crippen LogP contribution < -0.4 is 5.32 Å². The van der Waals surface area contributed by atoms with Crippen LogP contribution in [0.3, 0.4) is 0 Å². The Bertz CT molecular complexity index is 1040. The van der Waals surface area contributed by atoms with Gasteiger partial charge in [-0.05, 0) is 49.7 Å². The number of fused-ring (bicyclic) bond motifs is 1. The first-order valence-electron chi connectivity index (χ1n) is 8.36. The number of benzene rings is 2. The van der Waals surface area contributed by atoms with Crippen LogP contribution in [0.25, 0.3) is 10.9 Å². The Balaban J connectivity index is 1.77. The van der Waals surface area contributed by atoms with Crippen molar-refractivity contribution in [2.45, 2.75) is 30.3 Å². The Hall–Kier alpha value is -2.25. The van der Waals surface area contributed by atoms with E-state index in [0.29, 0.717) is 5.03 Å². The molecule has 1 amide bonds. The van der Waals surface area contributed by atoms with Crippen LogP contribution in [0.1, 0.15) is 18.1 Å². The molecule has 0 radical (unpaired) electrons. The number of rotatable bonds is 4. The molecule has 0 saturated heterocycles. The molecule has 146 valence electrons. The van der Waals surface area contributed by atoms with Gasteiger partial charge in [0.15, 0.2) is 0 Å². The minimum Gasteiger partial charge on any atom is -0.324 e. The smallest absolute Gasteiger partial charge is 0.324 e. The Morgan fingerprint density at radius 1 is 1.18 bits per heavy atom. The minimum absolute atomic E-state index is 0.0400. The Kier molecular flexibility index (Phi) is 5.86. The molecule has 0 spiro atoms. The van der Waals surface area contributed by atoms with Gasteiger partial charge in [0.2, 0.25) is 5.91 Å². The third kappa shape index (κ3) is 4.59. The lowest BCUT2D eigenvalue weighted by atomic mass is 10.1. The maximum absolute atomic E-state index is 12.9. The molecule has 28 heavy (non-hydrogen) atoms. The number of amides is 1. The molecule has 3 nitrogen and oxygen atoms in total. The Morgan fingerprint density at radius 2 is 1.89 bits per heavy atom. The van der Waals surface area contributed by atoms with Crippen LogP contribution in [-0.4, -0.2) is 16.1 Å². The van der Waals surface area contributed by atoms with Gasteiger partial charge in [0.05, 0.1) is 32.1 Å². The van der Waals surface area contributed by atoms with Crippen LogP contribution in [0.4, 0.5) is 18.9 Å². The number of aromatic nitrogens is 1. The summed E-state index contributed by atoms with van der Waals surface area (Å²) >= 11 is 7.17. The summed E-state index contributed by atoms with van der Waals surface area (Å²) in [7, 11) is 0. The number of hydrogen-bond donors (Lipinski definition) is 1. The summed E-state index contributed by atoms with van der Waals surface area (Å²) in [6, 6.07) is 12.4. The van der Waals surface area contributed by atoms with Crippen molar-refractivity contribution in [3.05, 3.63) is 64.7 Å².